The van der Waals surface area contributed by atoms with Crippen LogP contribution in [-0.4, -0.2) is 38.8 Å². The third kappa shape index (κ3) is 7.34. The minimum Gasteiger partial charge on any atom is -0.383 e. The van der Waals surface area contributed by atoms with Crippen LogP contribution in [0.5, 0.6) is 0 Å². The molecule has 0 spiro atoms. The Morgan fingerprint density at radius 2 is 1.88 bits per heavy atom. The van der Waals surface area contributed by atoms with E-state index in [-0.39, 0.29) is 17.4 Å². The monoisotopic (exact) mass is 244 g/mol. The summed E-state index contributed by atoms with van der Waals surface area (Å²) >= 11 is 0. The summed E-state index contributed by atoms with van der Waals surface area (Å²) in [5.74, 6) is 0.555. The van der Waals surface area contributed by atoms with Crippen LogP contribution >= 0.6 is 0 Å². The van der Waals surface area contributed by atoms with E-state index in [1.54, 1.807) is 7.11 Å². The summed E-state index contributed by atoms with van der Waals surface area (Å²) in [7, 11) is 1.62. The summed E-state index contributed by atoms with van der Waals surface area (Å²) in [5.41, 5.74) is 0.263. The van der Waals surface area contributed by atoms with E-state index in [4.69, 9.17) is 4.74 Å². The minimum atomic E-state index is -0.156. The summed E-state index contributed by atoms with van der Waals surface area (Å²) in [5, 5.41) is 6.08. The molecule has 2 unspecified atom stereocenters. The maximum absolute atomic E-state index is 11.7. The summed E-state index contributed by atoms with van der Waals surface area (Å²) in [6.07, 6.45) is 0. The van der Waals surface area contributed by atoms with Crippen molar-refractivity contribution in [2.45, 2.75) is 40.7 Å². The van der Waals surface area contributed by atoms with Gasteiger partial charge in [0.15, 0.2) is 0 Å². The second-order valence-corrected chi connectivity index (χ2v) is 5.68. The van der Waals surface area contributed by atoms with Crippen molar-refractivity contribution >= 4 is 5.91 Å². The van der Waals surface area contributed by atoms with Crippen LogP contribution in [0, 0.1) is 11.3 Å². The molecule has 1 amide bonds. The van der Waals surface area contributed by atoms with Crippen LogP contribution in [0.2, 0.25) is 0 Å². The topological polar surface area (TPSA) is 50.4 Å². The van der Waals surface area contributed by atoms with Gasteiger partial charge in [0.25, 0.3) is 0 Å². The Balaban J connectivity index is 3.85. The van der Waals surface area contributed by atoms with Crippen molar-refractivity contribution in [2.24, 2.45) is 11.3 Å². The average Bonchev–Trinajstić information content (AvgIpc) is 2.24. The first-order valence-electron chi connectivity index (χ1n) is 6.29. The molecule has 0 aliphatic carbocycles. The molecule has 0 aliphatic rings. The zero-order chi connectivity index (χ0) is 13.5. The van der Waals surface area contributed by atoms with Gasteiger partial charge in [0.1, 0.15) is 0 Å². The highest BCUT2D eigenvalue weighted by molar-refractivity contribution is 5.81. The molecule has 0 aromatic heterocycles. The lowest BCUT2D eigenvalue weighted by Crippen LogP contribution is -2.45. The van der Waals surface area contributed by atoms with Crippen molar-refractivity contribution in [1.29, 1.82) is 0 Å². The van der Waals surface area contributed by atoms with Gasteiger partial charge in [-0.25, -0.2) is 0 Å². The minimum absolute atomic E-state index is 0.0307. The summed E-state index contributed by atoms with van der Waals surface area (Å²) < 4.78 is 4.88. The van der Waals surface area contributed by atoms with Crippen LogP contribution in [0.25, 0.3) is 0 Å². The quantitative estimate of drug-likeness (QED) is 0.666. The van der Waals surface area contributed by atoms with Gasteiger partial charge in [-0.15, -0.1) is 0 Å². The van der Waals surface area contributed by atoms with E-state index >= 15 is 0 Å². The van der Waals surface area contributed by atoms with E-state index < -0.39 is 0 Å². The average molecular weight is 244 g/mol. The number of ether oxygens (including phenoxy) is 1. The second kappa shape index (κ2) is 7.67. The zero-order valence-electron chi connectivity index (χ0n) is 12.1. The molecule has 2 atom stereocenters. The van der Waals surface area contributed by atoms with Gasteiger partial charge in [0.2, 0.25) is 5.91 Å². The van der Waals surface area contributed by atoms with E-state index in [1.165, 1.54) is 0 Å². The zero-order valence-corrected chi connectivity index (χ0v) is 12.1. The lowest BCUT2D eigenvalue weighted by molar-refractivity contribution is -0.123. The van der Waals surface area contributed by atoms with Crippen molar-refractivity contribution in [3.63, 3.8) is 0 Å². The van der Waals surface area contributed by atoms with E-state index in [2.05, 4.69) is 38.3 Å². The molecule has 102 valence electrons. The molecule has 0 radical (unpaired) electrons. The number of hydrogen-bond donors (Lipinski definition) is 2. The van der Waals surface area contributed by atoms with Crippen LogP contribution in [-0.2, 0) is 9.53 Å². The first kappa shape index (κ1) is 16.4. The molecular formula is C13H28N2O2. The highest BCUT2D eigenvalue weighted by Crippen LogP contribution is 2.24. The Labute approximate surface area is 105 Å². The third-order valence-electron chi connectivity index (χ3n) is 3.21. The van der Waals surface area contributed by atoms with Crippen LogP contribution < -0.4 is 10.6 Å². The van der Waals surface area contributed by atoms with Gasteiger partial charge in [-0.1, -0.05) is 27.7 Å². The number of carbonyl (C=O) groups excluding carboxylic acids is 1. The Morgan fingerprint density at radius 3 is 2.35 bits per heavy atom. The van der Waals surface area contributed by atoms with E-state index in [0.29, 0.717) is 19.1 Å². The maximum Gasteiger partial charge on any atom is 0.236 e. The molecule has 0 heterocycles. The molecule has 2 N–H and O–H groups in total. The molecule has 17 heavy (non-hydrogen) atoms. The lowest BCUT2D eigenvalue weighted by Gasteiger charge is -2.28. The van der Waals surface area contributed by atoms with Gasteiger partial charge in [0, 0.05) is 13.7 Å². The first-order valence-corrected chi connectivity index (χ1v) is 6.29. The molecule has 0 aromatic carbocycles. The Bertz CT molecular complexity index is 224. The van der Waals surface area contributed by atoms with Gasteiger partial charge in [-0.3, -0.25) is 4.79 Å². The normalized spacial score (nSPS) is 15.4. The molecule has 4 nitrogen and oxygen atoms in total. The van der Waals surface area contributed by atoms with Crippen molar-refractivity contribution < 1.29 is 9.53 Å². The van der Waals surface area contributed by atoms with Crippen molar-refractivity contribution in [2.75, 3.05) is 26.8 Å². The molecule has 0 saturated carbocycles. The van der Waals surface area contributed by atoms with Crippen molar-refractivity contribution in [3.8, 4) is 0 Å². The number of amides is 1. The fourth-order valence-corrected chi connectivity index (χ4v) is 1.18. The predicted octanol–water partition coefficient (Wildman–Crippen LogP) is 1.41. The maximum atomic E-state index is 11.7. The van der Waals surface area contributed by atoms with Crippen LogP contribution in [0.1, 0.15) is 34.6 Å². The molecule has 0 saturated heterocycles. The second-order valence-electron chi connectivity index (χ2n) is 5.68. The Morgan fingerprint density at radius 1 is 1.29 bits per heavy atom. The lowest BCUT2D eigenvalue weighted by atomic mass is 9.82. The largest absolute Gasteiger partial charge is 0.383 e. The van der Waals surface area contributed by atoms with Crippen molar-refractivity contribution in [1.82, 2.24) is 10.6 Å². The van der Waals surface area contributed by atoms with E-state index in [0.717, 1.165) is 6.54 Å². The summed E-state index contributed by atoms with van der Waals surface area (Å²) in [6, 6.07) is -0.156. The van der Waals surface area contributed by atoms with Gasteiger partial charge in [0.05, 0.1) is 12.6 Å². The predicted molar refractivity (Wildman–Crippen MR) is 71.0 cm³/mol. The van der Waals surface area contributed by atoms with Crippen LogP contribution in [0.4, 0.5) is 0 Å². The molecule has 0 bridgehead atoms. The third-order valence-corrected chi connectivity index (χ3v) is 3.21. The highest BCUT2D eigenvalue weighted by Gasteiger charge is 2.21. The van der Waals surface area contributed by atoms with Crippen molar-refractivity contribution in [3.05, 3.63) is 0 Å². The Kier molecular flexibility index (Phi) is 7.39. The summed E-state index contributed by atoms with van der Waals surface area (Å²) in [4.78, 5) is 11.7. The molecule has 4 heteroatoms. The molecule has 0 rings (SSSR count). The number of rotatable bonds is 7. The fraction of sp³-hybridized carbons (Fsp3) is 0.923. The SMILES string of the molecule is COCCNC(=O)C(C)NCC(C)C(C)(C)C. The molecule has 0 aromatic rings. The molecule has 0 aliphatic heterocycles. The van der Waals surface area contributed by atoms with Gasteiger partial charge < -0.3 is 15.4 Å². The van der Waals surface area contributed by atoms with Gasteiger partial charge >= 0.3 is 0 Å². The number of nitrogens with one attached hydrogen (secondary N) is 2. The molecule has 0 fully saturated rings. The first-order chi connectivity index (χ1) is 7.79. The highest BCUT2D eigenvalue weighted by atomic mass is 16.5. The van der Waals surface area contributed by atoms with Crippen LogP contribution in [0.3, 0.4) is 0 Å². The summed E-state index contributed by atoms with van der Waals surface area (Å²) in [6.45, 7) is 12.7. The molecular weight excluding hydrogens is 216 g/mol. The number of carbonyl (C=O) groups is 1. The number of methoxy groups -OCH3 is 1. The smallest absolute Gasteiger partial charge is 0.236 e. The van der Waals surface area contributed by atoms with E-state index in [1.807, 2.05) is 6.92 Å². The van der Waals surface area contributed by atoms with Gasteiger partial charge in [-0.2, -0.15) is 0 Å². The Hall–Kier alpha value is -0.610. The fourth-order valence-electron chi connectivity index (χ4n) is 1.18. The van der Waals surface area contributed by atoms with Gasteiger partial charge in [-0.05, 0) is 24.8 Å². The van der Waals surface area contributed by atoms with E-state index in [9.17, 15) is 4.79 Å². The number of hydrogen-bond acceptors (Lipinski definition) is 3. The standard InChI is InChI=1S/C13H28N2O2/c1-10(13(3,4)5)9-15-11(2)12(16)14-7-8-17-6/h10-11,15H,7-9H2,1-6H3,(H,14,16). The van der Waals surface area contributed by atoms with Crippen LogP contribution in [0.15, 0.2) is 0 Å².